The lowest BCUT2D eigenvalue weighted by atomic mass is 10.1. The zero-order valence-electron chi connectivity index (χ0n) is 13.5. The van der Waals surface area contributed by atoms with E-state index in [-0.39, 0.29) is 23.5 Å². The van der Waals surface area contributed by atoms with Crippen LogP contribution in [0.3, 0.4) is 0 Å². The molecule has 0 aromatic heterocycles. The van der Waals surface area contributed by atoms with Crippen LogP contribution in [0.15, 0.2) is 53.4 Å². The highest BCUT2D eigenvalue weighted by Crippen LogP contribution is 2.17. The Kier molecular flexibility index (Phi) is 5.58. The number of nitrogens with one attached hydrogen (secondary N) is 1. The summed E-state index contributed by atoms with van der Waals surface area (Å²) in [5.74, 6) is 0.402. The van der Waals surface area contributed by atoms with Crippen LogP contribution in [0.1, 0.15) is 24.1 Å². The highest BCUT2D eigenvalue weighted by atomic mass is 32.2. The van der Waals surface area contributed by atoms with Crippen molar-refractivity contribution in [3.05, 3.63) is 59.7 Å². The number of nitrogens with two attached hydrogens (primary N) is 1. The zero-order valence-corrected chi connectivity index (χ0v) is 14.3. The van der Waals surface area contributed by atoms with E-state index in [1.54, 1.807) is 25.1 Å². The minimum absolute atomic E-state index is 0.0349. The van der Waals surface area contributed by atoms with Gasteiger partial charge in [-0.15, -0.1) is 0 Å². The fourth-order valence-corrected chi connectivity index (χ4v) is 2.69. The second-order valence-corrected chi connectivity index (χ2v) is 7.02. The number of benzene rings is 2. The zero-order chi connectivity index (χ0) is 17.7. The molecule has 2 rings (SSSR count). The maximum Gasteiger partial charge on any atom is 0.258 e. The first-order chi connectivity index (χ1) is 11.3. The van der Waals surface area contributed by atoms with Crippen LogP contribution < -0.4 is 15.2 Å². The molecular formula is C17H20N2O4S. The largest absolute Gasteiger partial charge is 0.484 e. The lowest BCUT2D eigenvalue weighted by Gasteiger charge is -2.15. The van der Waals surface area contributed by atoms with Crippen molar-refractivity contribution >= 4 is 15.9 Å². The normalized spacial score (nSPS) is 12.5. The molecule has 0 radical (unpaired) electrons. The summed E-state index contributed by atoms with van der Waals surface area (Å²) < 4.78 is 28.0. The van der Waals surface area contributed by atoms with E-state index >= 15 is 0 Å². The van der Waals surface area contributed by atoms with Gasteiger partial charge in [0, 0.05) is 0 Å². The molecule has 0 aliphatic carbocycles. The Morgan fingerprint density at radius 2 is 1.79 bits per heavy atom. The lowest BCUT2D eigenvalue weighted by molar-refractivity contribution is -0.123. The van der Waals surface area contributed by atoms with Gasteiger partial charge in [0.15, 0.2) is 6.61 Å². The molecule has 2 aromatic carbocycles. The second-order valence-electron chi connectivity index (χ2n) is 5.46. The minimum Gasteiger partial charge on any atom is -0.484 e. The van der Waals surface area contributed by atoms with Gasteiger partial charge in [-0.1, -0.05) is 30.3 Å². The molecule has 1 atom stereocenters. The quantitative estimate of drug-likeness (QED) is 0.833. The maximum absolute atomic E-state index is 12.0. The van der Waals surface area contributed by atoms with Crippen molar-refractivity contribution < 1.29 is 17.9 Å². The third-order valence-corrected chi connectivity index (χ3v) is 4.47. The third-order valence-electron chi connectivity index (χ3n) is 3.54. The highest BCUT2D eigenvalue weighted by Gasteiger charge is 2.12. The number of hydrogen-bond acceptors (Lipinski definition) is 4. The second kappa shape index (κ2) is 7.46. The average Bonchev–Trinajstić information content (AvgIpc) is 2.53. The van der Waals surface area contributed by atoms with Crippen LogP contribution in [0.5, 0.6) is 5.75 Å². The van der Waals surface area contributed by atoms with Gasteiger partial charge < -0.3 is 10.1 Å². The van der Waals surface area contributed by atoms with Gasteiger partial charge in [0.2, 0.25) is 10.0 Å². The predicted octanol–water partition coefficient (Wildman–Crippen LogP) is 1.90. The SMILES string of the molecule is Cc1ccccc1OCC(=O)NC(C)c1ccc(S(N)(=O)=O)cc1. The molecule has 0 saturated carbocycles. The number of carbonyl (C=O) groups excluding carboxylic acids is 1. The first-order valence-corrected chi connectivity index (χ1v) is 8.92. The molecule has 0 fully saturated rings. The van der Waals surface area contributed by atoms with Crippen molar-refractivity contribution in [1.82, 2.24) is 5.32 Å². The summed E-state index contributed by atoms with van der Waals surface area (Å²) in [6, 6.07) is 13.2. The molecule has 6 nitrogen and oxygen atoms in total. The molecule has 0 bridgehead atoms. The van der Waals surface area contributed by atoms with Crippen LogP contribution in [-0.2, 0) is 14.8 Å². The van der Waals surface area contributed by atoms with Crippen molar-refractivity contribution in [3.63, 3.8) is 0 Å². The average molecular weight is 348 g/mol. The summed E-state index contributed by atoms with van der Waals surface area (Å²) in [6.07, 6.45) is 0. The van der Waals surface area contributed by atoms with E-state index in [1.165, 1.54) is 12.1 Å². The van der Waals surface area contributed by atoms with Crippen LogP contribution in [0.4, 0.5) is 0 Å². The van der Waals surface area contributed by atoms with E-state index in [1.807, 2.05) is 25.1 Å². The number of ether oxygens (including phenoxy) is 1. The topological polar surface area (TPSA) is 98.5 Å². The molecule has 3 N–H and O–H groups in total. The number of amides is 1. The third kappa shape index (κ3) is 4.81. The van der Waals surface area contributed by atoms with Crippen LogP contribution >= 0.6 is 0 Å². The highest BCUT2D eigenvalue weighted by molar-refractivity contribution is 7.89. The Morgan fingerprint density at radius 1 is 1.17 bits per heavy atom. The van der Waals surface area contributed by atoms with E-state index < -0.39 is 10.0 Å². The van der Waals surface area contributed by atoms with Crippen molar-refractivity contribution in [3.8, 4) is 5.75 Å². The van der Waals surface area contributed by atoms with Gasteiger partial charge in [-0.2, -0.15) is 0 Å². The number of hydrogen-bond donors (Lipinski definition) is 2. The van der Waals surface area contributed by atoms with E-state index in [2.05, 4.69) is 5.32 Å². The van der Waals surface area contributed by atoms with Crippen molar-refractivity contribution in [1.29, 1.82) is 0 Å². The number of aryl methyl sites for hydroxylation is 1. The number of sulfonamides is 1. The van der Waals surface area contributed by atoms with E-state index in [9.17, 15) is 13.2 Å². The van der Waals surface area contributed by atoms with Crippen molar-refractivity contribution in [2.75, 3.05) is 6.61 Å². The Morgan fingerprint density at radius 3 is 2.38 bits per heavy atom. The molecule has 2 aromatic rings. The smallest absolute Gasteiger partial charge is 0.258 e. The summed E-state index contributed by atoms with van der Waals surface area (Å²) in [4.78, 5) is 12.0. The Labute approximate surface area is 141 Å². The maximum atomic E-state index is 12.0. The van der Waals surface area contributed by atoms with Gasteiger partial charge in [-0.3, -0.25) is 4.79 Å². The van der Waals surface area contributed by atoms with Crippen LogP contribution in [0.2, 0.25) is 0 Å². The van der Waals surface area contributed by atoms with Crippen molar-refractivity contribution in [2.45, 2.75) is 24.8 Å². The monoisotopic (exact) mass is 348 g/mol. The van der Waals surface area contributed by atoms with Gasteiger partial charge in [-0.05, 0) is 43.2 Å². The molecule has 1 unspecified atom stereocenters. The van der Waals surface area contributed by atoms with E-state index in [0.29, 0.717) is 5.75 Å². The van der Waals surface area contributed by atoms with Gasteiger partial charge in [-0.25, -0.2) is 13.6 Å². The minimum atomic E-state index is -3.72. The first-order valence-electron chi connectivity index (χ1n) is 7.38. The number of carbonyl (C=O) groups is 1. The van der Waals surface area contributed by atoms with Crippen LogP contribution in [0, 0.1) is 6.92 Å². The van der Waals surface area contributed by atoms with Gasteiger partial charge in [0.1, 0.15) is 5.75 Å². The number of para-hydroxylation sites is 1. The fraction of sp³-hybridized carbons (Fsp3) is 0.235. The molecule has 1 amide bonds. The van der Waals surface area contributed by atoms with E-state index in [4.69, 9.17) is 9.88 Å². The first kappa shape index (κ1) is 18.0. The van der Waals surface area contributed by atoms with Crippen LogP contribution in [0.25, 0.3) is 0 Å². The Hall–Kier alpha value is -2.38. The number of rotatable bonds is 6. The summed E-state index contributed by atoms with van der Waals surface area (Å²) >= 11 is 0. The molecule has 0 spiro atoms. The lowest BCUT2D eigenvalue weighted by Crippen LogP contribution is -2.31. The molecule has 0 saturated heterocycles. The fourth-order valence-electron chi connectivity index (χ4n) is 2.17. The van der Waals surface area contributed by atoms with Gasteiger partial charge in [0.25, 0.3) is 5.91 Å². The Balaban J connectivity index is 1.93. The molecule has 0 heterocycles. The summed E-state index contributed by atoms with van der Waals surface area (Å²) in [6.45, 7) is 3.62. The molecule has 0 aliphatic rings. The molecule has 0 aliphatic heterocycles. The predicted molar refractivity (Wildman–Crippen MR) is 91.0 cm³/mol. The summed E-state index contributed by atoms with van der Waals surface area (Å²) in [5.41, 5.74) is 1.73. The summed E-state index contributed by atoms with van der Waals surface area (Å²) in [5, 5.41) is 7.86. The molecule has 7 heteroatoms. The molecule has 24 heavy (non-hydrogen) atoms. The van der Waals surface area contributed by atoms with Crippen molar-refractivity contribution in [2.24, 2.45) is 5.14 Å². The Bertz CT molecular complexity index is 817. The van der Waals surface area contributed by atoms with Gasteiger partial charge in [0.05, 0.1) is 10.9 Å². The van der Waals surface area contributed by atoms with E-state index in [0.717, 1.165) is 11.1 Å². The number of primary sulfonamides is 1. The molecular weight excluding hydrogens is 328 g/mol. The summed E-state index contributed by atoms with van der Waals surface area (Å²) in [7, 11) is -3.72. The standard InChI is InChI=1S/C17H20N2O4S/c1-12-5-3-4-6-16(12)23-11-17(20)19-13(2)14-7-9-15(10-8-14)24(18,21)22/h3-10,13H,11H2,1-2H3,(H,19,20)(H2,18,21,22). The van der Waals surface area contributed by atoms with Gasteiger partial charge >= 0.3 is 0 Å². The molecule has 128 valence electrons. The van der Waals surface area contributed by atoms with Crippen LogP contribution in [-0.4, -0.2) is 20.9 Å².